The van der Waals surface area contributed by atoms with Gasteiger partial charge in [0.05, 0.1) is 12.3 Å². The maximum Gasteiger partial charge on any atom is 0.0827 e. The molecule has 2 aromatic rings. The fourth-order valence-corrected chi connectivity index (χ4v) is 2.83. The molecule has 0 amide bonds. The Morgan fingerprint density at radius 2 is 2.22 bits per heavy atom. The number of nitrogens with zero attached hydrogens (tertiary/aromatic N) is 2. The highest BCUT2D eigenvalue weighted by Gasteiger charge is 2.30. The van der Waals surface area contributed by atoms with Crippen LogP contribution in [-0.4, -0.2) is 14.9 Å². The monoisotopic (exact) mass is 242 g/mol. The van der Waals surface area contributed by atoms with Crippen molar-refractivity contribution in [2.75, 3.05) is 0 Å². The molecule has 94 valence electrons. The molecule has 18 heavy (non-hydrogen) atoms. The normalized spacial score (nSPS) is 22.1. The van der Waals surface area contributed by atoms with Gasteiger partial charge in [-0.2, -0.15) is 5.10 Å². The fourth-order valence-electron chi connectivity index (χ4n) is 2.83. The summed E-state index contributed by atoms with van der Waals surface area (Å²) in [7, 11) is 0. The summed E-state index contributed by atoms with van der Waals surface area (Å²) in [5, 5.41) is 14.6. The number of aliphatic hydroxyl groups is 1. The summed E-state index contributed by atoms with van der Waals surface area (Å²) < 4.78 is 1.93. The molecule has 1 aromatic carbocycles. The minimum atomic E-state index is -0.328. The molecule has 0 saturated heterocycles. The molecule has 0 fully saturated rings. The van der Waals surface area contributed by atoms with E-state index in [-0.39, 0.29) is 12.0 Å². The second kappa shape index (κ2) is 4.58. The summed E-state index contributed by atoms with van der Waals surface area (Å²) in [6.07, 6.45) is 5.53. The van der Waals surface area contributed by atoms with Gasteiger partial charge in [-0.05, 0) is 42.4 Å². The Bertz CT molecular complexity index is 547. The lowest BCUT2D eigenvalue weighted by atomic mass is 9.96. The average molecular weight is 242 g/mol. The molecule has 0 bridgehead atoms. The van der Waals surface area contributed by atoms with Gasteiger partial charge in [0.15, 0.2) is 0 Å². The topological polar surface area (TPSA) is 38.0 Å². The summed E-state index contributed by atoms with van der Waals surface area (Å²) >= 11 is 0. The smallest absolute Gasteiger partial charge is 0.0827 e. The van der Waals surface area contributed by atoms with Gasteiger partial charge in [-0.15, -0.1) is 0 Å². The van der Waals surface area contributed by atoms with Crippen LogP contribution in [0.3, 0.4) is 0 Å². The van der Waals surface area contributed by atoms with Crippen LogP contribution in [0.15, 0.2) is 36.7 Å². The first-order chi connectivity index (χ1) is 8.78. The number of rotatable bonds is 3. The van der Waals surface area contributed by atoms with Crippen LogP contribution >= 0.6 is 0 Å². The SMILES string of the molecule is CCn1cc(CC2Cc3ccccc3C2O)cn1. The third-order valence-corrected chi connectivity index (χ3v) is 3.81. The van der Waals surface area contributed by atoms with E-state index in [2.05, 4.69) is 24.3 Å². The Morgan fingerprint density at radius 3 is 2.94 bits per heavy atom. The molecule has 2 atom stereocenters. The first-order valence-corrected chi connectivity index (χ1v) is 6.55. The lowest BCUT2D eigenvalue weighted by Gasteiger charge is -2.13. The summed E-state index contributed by atoms with van der Waals surface area (Å²) in [5.41, 5.74) is 3.61. The van der Waals surface area contributed by atoms with Crippen molar-refractivity contribution in [3.8, 4) is 0 Å². The highest BCUT2D eigenvalue weighted by Crippen LogP contribution is 2.37. The molecule has 1 aliphatic rings. The summed E-state index contributed by atoms with van der Waals surface area (Å²) in [6, 6.07) is 8.20. The lowest BCUT2D eigenvalue weighted by molar-refractivity contribution is 0.123. The van der Waals surface area contributed by atoms with Gasteiger partial charge in [-0.25, -0.2) is 0 Å². The number of hydrogen-bond acceptors (Lipinski definition) is 2. The van der Waals surface area contributed by atoms with Crippen LogP contribution in [0, 0.1) is 5.92 Å². The molecule has 1 aromatic heterocycles. The van der Waals surface area contributed by atoms with Crippen LogP contribution in [0.5, 0.6) is 0 Å². The van der Waals surface area contributed by atoms with Crippen LogP contribution in [-0.2, 0) is 19.4 Å². The number of fused-ring (bicyclic) bond motifs is 1. The third kappa shape index (κ3) is 1.95. The van der Waals surface area contributed by atoms with E-state index in [1.54, 1.807) is 0 Å². The predicted molar refractivity (Wildman–Crippen MR) is 70.2 cm³/mol. The Labute approximate surface area is 107 Å². The Morgan fingerprint density at radius 1 is 1.39 bits per heavy atom. The highest BCUT2D eigenvalue weighted by molar-refractivity contribution is 5.35. The van der Waals surface area contributed by atoms with Gasteiger partial charge < -0.3 is 5.11 Å². The quantitative estimate of drug-likeness (QED) is 0.897. The summed E-state index contributed by atoms with van der Waals surface area (Å²) in [4.78, 5) is 0. The number of benzene rings is 1. The van der Waals surface area contributed by atoms with Crippen LogP contribution in [0.25, 0.3) is 0 Å². The van der Waals surface area contributed by atoms with Crippen molar-refractivity contribution in [1.29, 1.82) is 0 Å². The molecule has 0 radical (unpaired) electrons. The van der Waals surface area contributed by atoms with E-state index < -0.39 is 0 Å². The Kier molecular flexibility index (Phi) is 2.92. The second-order valence-electron chi connectivity index (χ2n) is 5.02. The number of hydrogen-bond donors (Lipinski definition) is 1. The van der Waals surface area contributed by atoms with E-state index in [1.807, 2.05) is 29.1 Å². The maximum atomic E-state index is 10.3. The van der Waals surface area contributed by atoms with E-state index in [4.69, 9.17) is 0 Å². The molecule has 1 N–H and O–H groups in total. The summed E-state index contributed by atoms with van der Waals surface area (Å²) in [5.74, 6) is 0.289. The molecule has 0 aliphatic heterocycles. The van der Waals surface area contributed by atoms with Crippen LogP contribution in [0.2, 0.25) is 0 Å². The second-order valence-corrected chi connectivity index (χ2v) is 5.02. The van der Waals surface area contributed by atoms with E-state index in [1.165, 1.54) is 11.1 Å². The zero-order valence-electron chi connectivity index (χ0n) is 10.6. The minimum Gasteiger partial charge on any atom is -0.388 e. The largest absolute Gasteiger partial charge is 0.388 e. The Balaban J connectivity index is 1.76. The highest BCUT2D eigenvalue weighted by atomic mass is 16.3. The standard InChI is InChI=1S/C15H18N2O/c1-2-17-10-11(9-16-17)7-13-8-12-5-3-4-6-14(12)15(13)18/h3-6,9-10,13,15,18H,2,7-8H2,1H3. The lowest BCUT2D eigenvalue weighted by Crippen LogP contribution is -2.10. The van der Waals surface area contributed by atoms with Crippen molar-refractivity contribution in [3.05, 3.63) is 53.3 Å². The van der Waals surface area contributed by atoms with Gasteiger partial charge in [-0.1, -0.05) is 24.3 Å². The maximum absolute atomic E-state index is 10.3. The van der Waals surface area contributed by atoms with Crippen molar-refractivity contribution in [2.45, 2.75) is 32.4 Å². The van der Waals surface area contributed by atoms with E-state index in [9.17, 15) is 5.11 Å². The van der Waals surface area contributed by atoms with Crippen molar-refractivity contribution >= 4 is 0 Å². The minimum absolute atomic E-state index is 0.289. The van der Waals surface area contributed by atoms with Gasteiger partial charge in [0.25, 0.3) is 0 Å². The molecule has 1 aliphatic carbocycles. The van der Waals surface area contributed by atoms with Crippen molar-refractivity contribution < 1.29 is 5.11 Å². The molecular formula is C15H18N2O. The van der Waals surface area contributed by atoms with Gasteiger partial charge >= 0.3 is 0 Å². The molecule has 3 rings (SSSR count). The molecule has 3 nitrogen and oxygen atoms in total. The van der Waals surface area contributed by atoms with Crippen molar-refractivity contribution in [3.63, 3.8) is 0 Å². The number of aromatic nitrogens is 2. The first kappa shape index (κ1) is 11.5. The van der Waals surface area contributed by atoms with Crippen LogP contribution in [0.1, 0.15) is 29.7 Å². The molecule has 0 spiro atoms. The summed E-state index contributed by atoms with van der Waals surface area (Å²) in [6.45, 7) is 2.98. The van der Waals surface area contributed by atoms with Gasteiger partial charge in [0.1, 0.15) is 0 Å². The van der Waals surface area contributed by atoms with Crippen molar-refractivity contribution in [2.24, 2.45) is 5.92 Å². The molecule has 2 unspecified atom stereocenters. The van der Waals surface area contributed by atoms with Gasteiger partial charge in [0, 0.05) is 12.7 Å². The zero-order valence-corrected chi connectivity index (χ0v) is 10.6. The van der Waals surface area contributed by atoms with Crippen LogP contribution < -0.4 is 0 Å². The first-order valence-electron chi connectivity index (χ1n) is 6.55. The predicted octanol–water partition coefficient (Wildman–Crippen LogP) is 2.35. The molecule has 1 heterocycles. The molecule has 3 heteroatoms. The van der Waals surface area contributed by atoms with Crippen LogP contribution in [0.4, 0.5) is 0 Å². The van der Waals surface area contributed by atoms with Crippen molar-refractivity contribution in [1.82, 2.24) is 9.78 Å². The average Bonchev–Trinajstić information content (AvgIpc) is 2.97. The number of aryl methyl sites for hydroxylation is 1. The van der Waals surface area contributed by atoms with E-state index in [0.717, 1.165) is 24.9 Å². The Hall–Kier alpha value is -1.61. The molecular weight excluding hydrogens is 224 g/mol. The fraction of sp³-hybridized carbons (Fsp3) is 0.400. The third-order valence-electron chi connectivity index (χ3n) is 3.81. The van der Waals surface area contributed by atoms with E-state index in [0.29, 0.717) is 0 Å². The van der Waals surface area contributed by atoms with Gasteiger partial charge in [0.2, 0.25) is 0 Å². The van der Waals surface area contributed by atoms with E-state index >= 15 is 0 Å². The number of aliphatic hydroxyl groups excluding tert-OH is 1. The zero-order chi connectivity index (χ0) is 12.5. The molecule has 0 saturated carbocycles. The van der Waals surface area contributed by atoms with Gasteiger partial charge in [-0.3, -0.25) is 4.68 Å².